The Bertz CT molecular complexity index is 1660. The number of para-hydroxylation sites is 1. The first-order chi connectivity index (χ1) is 20.4. The van der Waals surface area contributed by atoms with Crippen molar-refractivity contribution in [3.05, 3.63) is 124 Å². The van der Waals surface area contributed by atoms with Crippen LogP contribution in [0.1, 0.15) is 11.3 Å². The van der Waals surface area contributed by atoms with E-state index in [1.54, 1.807) is 53.4 Å². The number of rotatable bonds is 8. The van der Waals surface area contributed by atoms with E-state index in [2.05, 4.69) is 10.2 Å². The van der Waals surface area contributed by atoms with Crippen LogP contribution in [0.5, 0.6) is 0 Å². The molecule has 1 saturated heterocycles. The maximum atomic E-state index is 12.8. The molecule has 42 heavy (non-hydrogen) atoms. The molecular weight excluding hydrogens is 556 g/mol. The Morgan fingerprint density at radius 2 is 1.62 bits per heavy atom. The normalized spacial score (nSPS) is 13.5. The average molecular weight is 583 g/mol. The molecule has 0 aliphatic carbocycles. The summed E-state index contributed by atoms with van der Waals surface area (Å²) in [6, 6.07) is 24.5. The number of halogens is 1. The van der Waals surface area contributed by atoms with Crippen LogP contribution in [-0.2, 0) is 9.59 Å². The highest BCUT2D eigenvalue weighted by atomic mass is 35.5. The number of nitro benzene ring substituents is 1. The lowest BCUT2D eigenvalue weighted by atomic mass is 10.1. The molecular formula is C32H27ClN4O5. The fraction of sp³-hybridized carbons (Fsp3) is 0.125. The highest BCUT2D eigenvalue weighted by Crippen LogP contribution is 2.32. The van der Waals surface area contributed by atoms with Gasteiger partial charge in [0.15, 0.2) is 0 Å². The third kappa shape index (κ3) is 6.94. The molecule has 10 heteroatoms. The summed E-state index contributed by atoms with van der Waals surface area (Å²) in [7, 11) is 0. The number of anilines is 2. The van der Waals surface area contributed by atoms with Gasteiger partial charge >= 0.3 is 0 Å². The van der Waals surface area contributed by atoms with Crippen molar-refractivity contribution in [1.82, 2.24) is 4.90 Å². The van der Waals surface area contributed by atoms with Gasteiger partial charge in [-0.1, -0.05) is 54.1 Å². The Morgan fingerprint density at radius 1 is 0.881 bits per heavy atom. The van der Waals surface area contributed by atoms with E-state index in [4.69, 9.17) is 16.0 Å². The third-order valence-electron chi connectivity index (χ3n) is 6.76. The largest absolute Gasteiger partial charge is 0.456 e. The number of carbonyl (C=O) groups excluding carboxylic acids is 2. The number of hydrogen-bond donors (Lipinski definition) is 1. The van der Waals surface area contributed by atoms with E-state index in [0.717, 1.165) is 11.3 Å². The molecule has 0 spiro atoms. The number of piperazine rings is 1. The van der Waals surface area contributed by atoms with Crippen molar-refractivity contribution in [3.8, 4) is 11.3 Å². The molecule has 5 rings (SSSR count). The predicted octanol–water partition coefficient (Wildman–Crippen LogP) is 6.52. The van der Waals surface area contributed by atoms with E-state index in [9.17, 15) is 19.7 Å². The minimum Gasteiger partial charge on any atom is -0.456 e. The first-order valence-electron chi connectivity index (χ1n) is 13.3. The van der Waals surface area contributed by atoms with Crippen LogP contribution >= 0.6 is 11.6 Å². The fourth-order valence-electron chi connectivity index (χ4n) is 4.65. The summed E-state index contributed by atoms with van der Waals surface area (Å²) >= 11 is 6.25. The van der Waals surface area contributed by atoms with Gasteiger partial charge in [-0.15, -0.1) is 0 Å². The van der Waals surface area contributed by atoms with E-state index in [-0.39, 0.29) is 11.6 Å². The summed E-state index contributed by atoms with van der Waals surface area (Å²) in [4.78, 5) is 40.3. The van der Waals surface area contributed by atoms with Crippen molar-refractivity contribution in [1.29, 1.82) is 0 Å². The highest BCUT2D eigenvalue weighted by molar-refractivity contribution is 6.31. The molecule has 0 bridgehead atoms. The fourth-order valence-corrected chi connectivity index (χ4v) is 4.82. The highest BCUT2D eigenvalue weighted by Gasteiger charge is 2.22. The maximum absolute atomic E-state index is 12.8. The molecule has 3 aromatic carbocycles. The van der Waals surface area contributed by atoms with E-state index in [0.29, 0.717) is 54.0 Å². The summed E-state index contributed by atoms with van der Waals surface area (Å²) in [6.45, 7) is 2.25. The topological polar surface area (TPSA) is 109 Å². The molecule has 0 saturated carbocycles. The van der Waals surface area contributed by atoms with Gasteiger partial charge in [-0.3, -0.25) is 19.7 Å². The lowest BCUT2D eigenvalue weighted by Crippen LogP contribution is -2.48. The molecule has 1 aromatic heterocycles. The zero-order chi connectivity index (χ0) is 29.5. The first-order valence-corrected chi connectivity index (χ1v) is 13.6. The standard InChI is InChI=1S/C32H27ClN4O5/c33-24-11-14-29(35-18-20-36(21-19-35)32(39)17-10-23-6-2-1-3-7-23)27(22-24)34-31(38)16-13-25-12-15-30(42-25)26-8-4-5-9-28(26)37(40)41/h1-17,22H,18-21H2,(H,34,38)/b16-13+,17-10+. The number of benzene rings is 3. The number of furan rings is 1. The zero-order valence-electron chi connectivity index (χ0n) is 22.5. The van der Waals surface area contributed by atoms with Gasteiger partial charge in [-0.25, -0.2) is 0 Å². The first kappa shape index (κ1) is 28.4. The lowest BCUT2D eigenvalue weighted by molar-refractivity contribution is -0.384. The van der Waals surface area contributed by atoms with E-state index >= 15 is 0 Å². The van der Waals surface area contributed by atoms with Gasteiger partial charge in [0.05, 0.1) is 21.9 Å². The van der Waals surface area contributed by atoms with Crippen LogP contribution in [0.4, 0.5) is 17.1 Å². The Hall–Kier alpha value is -5.15. The maximum Gasteiger partial charge on any atom is 0.280 e. The Kier molecular flexibility index (Phi) is 8.79. The molecule has 2 heterocycles. The smallest absolute Gasteiger partial charge is 0.280 e. The number of nitrogens with zero attached hydrogens (tertiary/aromatic N) is 3. The van der Waals surface area contributed by atoms with Crippen molar-refractivity contribution < 1.29 is 18.9 Å². The van der Waals surface area contributed by atoms with Crippen LogP contribution in [0.25, 0.3) is 23.5 Å². The Labute approximate surface area is 247 Å². The van der Waals surface area contributed by atoms with Crippen molar-refractivity contribution in [2.45, 2.75) is 0 Å². The van der Waals surface area contributed by atoms with Crippen molar-refractivity contribution in [2.24, 2.45) is 0 Å². The predicted molar refractivity (Wildman–Crippen MR) is 164 cm³/mol. The Balaban J connectivity index is 1.22. The van der Waals surface area contributed by atoms with Gasteiger partial charge < -0.3 is 19.5 Å². The quantitative estimate of drug-likeness (QED) is 0.144. The molecule has 0 atom stereocenters. The molecule has 1 fully saturated rings. The molecule has 0 unspecified atom stereocenters. The summed E-state index contributed by atoms with van der Waals surface area (Å²) in [5.74, 6) is 0.248. The van der Waals surface area contributed by atoms with Crippen LogP contribution < -0.4 is 10.2 Å². The molecule has 1 aliphatic heterocycles. The van der Waals surface area contributed by atoms with E-state index in [1.165, 1.54) is 18.2 Å². The number of amides is 2. The van der Waals surface area contributed by atoms with Crippen LogP contribution in [0.2, 0.25) is 5.02 Å². The molecule has 9 nitrogen and oxygen atoms in total. The second-order valence-corrected chi connectivity index (χ2v) is 9.95. The van der Waals surface area contributed by atoms with Crippen molar-refractivity contribution in [3.63, 3.8) is 0 Å². The van der Waals surface area contributed by atoms with Crippen LogP contribution in [0.15, 0.2) is 101 Å². The molecule has 0 radical (unpaired) electrons. The summed E-state index contributed by atoms with van der Waals surface area (Å²) < 4.78 is 5.73. The second-order valence-electron chi connectivity index (χ2n) is 9.52. The number of hydrogen-bond acceptors (Lipinski definition) is 6. The molecule has 1 N–H and O–H groups in total. The van der Waals surface area contributed by atoms with Crippen molar-refractivity contribution >= 4 is 52.6 Å². The number of nitrogens with one attached hydrogen (secondary N) is 1. The van der Waals surface area contributed by atoms with Gasteiger partial charge in [-0.2, -0.15) is 0 Å². The molecule has 4 aromatic rings. The van der Waals surface area contributed by atoms with Crippen molar-refractivity contribution in [2.75, 3.05) is 36.4 Å². The Morgan fingerprint density at radius 3 is 2.38 bits per heavy atom. The van der Waals surface area contributed by atoms with Gasteiger partial charge in [0.25, 0.3) is 5.69 Å². The zero-order valence-corrected chi connectivity index (χ0v) is 23.2. The van der Waals surface area contributed by atoms with E-state index < -0.39 is 10.8 Å². The minimum absolute atomic E-state index is 0.0452. The summed E-state index contributed by atoms with van der Waals surface area (Å²) in [5, 5.41) is 14.7. The third-order valence-corrected chi connectivity index (χ3v) is 6.99. The number of carbonyl (C=O) groups is 2. The average Bonchev–Trinajstić information content (AvgIpc) is 3.49. The van der Waals surface area contributed by atoms with Gasteiger partial charge in [-0.05, 0) is 54.1 Å². The molecule has 212 valence electrons. The van der Waals surface area contributed by atoms with Crippen LogP contribution in [0.3, 0.4) is 0 Å². The van der Waals surface area contributed by atoms with E-state index in [1.807, 2.05) is 42.5 Å². The van der Waals surface area contributed by atoms with Gasteiger partial charge in [0.1, 0.15) is 11.5 Å². The van der Waals surface area contributed by atoms with Crippen LogP contribution in [-0.4, -0.2) is 47.8 Å². The van der Waals surface area contributed by atoms with Gasteiger partial charge in [0, 0.05) is 49.4 Å². The summed E-state index contributed by atoms with van der Waals surface area (Å²) in [6.07, 6.45) is 6.21. The lowest BCUT2D eigenvalue weighted by Gasteiger charge is -2.36. The monoisotopic (exact) mass is 582 g/mol. The molecule has 1 aliphatic rings. The van der Waals surface area contributed by atoms with Gasteiger partial charge in [0.2, 0.25) is 11.8 Å². The molecule has 2 amide bonds. The number of nitro groups is 1. The van der Waals surface area contributed by atoms with Crippen LogP contribution in [0, 0.1) is 10.1 Å². The SMILES string of the molecule is O=C(/C=C/c1ccc(-c2ccccc2[N+](=O)[O-])o1)Nc1cc(Cl)ccc1N1CCN(C(=O)/C=C/c2ccccc2)CC1. The summed E-state index contributed by atoms with van der Waals surface area (Å²) in [5.41, 5.74) is 2.59. The second kappa shape index (κ2) is 13.0. The minimum atomic E-state index is -0.468.